The Morgan fingerprint density at radius 2 is 2.50 bits per heavy atom. The summed E-state index contributed by atoms with van der Waals surface area (Å²) >= 11 is 0. The lowest BCUT2D eigenvalue weighted by atomic mass is 10.1. The summed E-state index contributed by atoms with van der Waals surface area (Å²) in [6.45, 7) is 2.82. The second-order valence-corrected chi connectivity index (χ2v) is 4.30. The van der Waals surface area contributed by atoms with Crippen molar-refractivity contribution in [3.8, 4) is 0 Å². The van der Waals surface area contributed by atoms with E-state index in [0.717, 1.165) is 31.9 Å². The summed E-state index contributed by atoms with van der Waals surface area (Å²) in [4.78, 5) is 0. The number of hydrogen-bond acceptors (Lipinski definition) is 4. The molecule has 1 unspecified atom stereocenters. The number of aryl methyl sites for hydroxylation is 1. The van der Waals surface area contributed by atoms with Crippen LogP contribution in [-0.4, -0.2) is 40.6 Å². The topological polar surface area (TPSA) is 52.0 Å². The van der Waals surface area contributed by atoms with Gasteiger partial charge in [-0.05, 0) is 19.3 Å². The van der Waals surface area contributed by atoms with E-state index >= 15 is 0 Å². The van der Waals surface area contributed by atoms with Crippen LogP contribution < -0.4 is 5.32 Å². The van der Waals surface area contributed by atoms with Crippen molar-refractivity contribution in [1.29, 1.82) is 0 Å². The average molecular weight is 224 g/mol. The van der Waals surface area contributed by atoms with Crippen LogP contribution in [0, 0.1) is 0 Å². The zero-order valence-electron chi connectivity index (χ0n) is 9.85. The predicted octanol–water partition coefficient (Wildman–Crippen LogP) is 0.516. The standard InChI is InChI=1S/C11H20N4O/c1-15-9-13-14-11(15)5-6-12-8-10-4-2-3-7-16-10/h9-10,12H,2-8H2,1H3. The Labute approximate surface area is 96.2 Å². The van der Waals surface area contributed by atoms with Gasteiger partial charge in [-0.15, -0.1) is 10.2 Å². The SMILES string of the molecule is Cn1cnnc1CCNCC1CCCCO1. The van der Waals surface area contributed by atoms with Crippen molar-refractivity contribution in [2.24, 2.45) is 7.05 Å². The molecule has 0 saturated carbocycles. The van der Waals surface area contributed by atoms with Crippen LogP contribution in [0.15, 0.2) is 6.33 Å². The Morgan fingerprint density at radius 1 is 1.56 bits per heavy atom. The van der Waals surface area contributed by atoms with Gasteiger partial charge in [0.2, 0.25) is 0 Å². The zero-order chi connectivity index (χ0) is 11.2. The zero-order valence-corrected chi connectivity index (χ0v) is 9.85. The van der Waals surface area contributed by atoms with Crippen LogP contribution in [0.25, 0.3) is 0 Å². The summed E-state index contributed by atoms with van der Waals surface area (Å²) in [7, 11) is 1.97. The fraction of sp³-hybridized carbons (Fsp3) is 0.818. The minimum atomic E-state index is 0.410. The van der Waals surface area contributed by atoms with E-state index in [2.05, 4.69) is 15.5 Å². The minimum Gasteiger partial charge on any atom is -0.377 e. The summed E-state index contributed by atoms with van der Waals surface area (Å²) in [5.41, 5.74) is 0. The first-order valence-corrected chi connectivity index (χ1v) is 6.01. The maximum Gasteiger partial charge on any atom is 0.133 e. The van der Waals surface area contributed by atoms with Crippen LogP contribution in [0.2, 0.25) is 0 Å². The van der Waals surface area contributed by atoms with E-state index in [1.54, 1.807) is 6.33 Å². The molecule has 2 rings (SSSR count). The molecule has 0 spiro atoms. The van der Waals surface area contributed by atoms with Gasteiger partial charge in [-0.3, -0.25) is 0 Å². The Balaban J connectivity index is 1.59. The average Bonchev–Trinajstić information content (AvgIpc) is 2.72. The normalized spacial score (nSPS) is 21.2. The van der Waals surface area contributed by atoms with Gasteiger partial charge in [0.05, 0.1) is 6.10 Å². The number of rotatable bonds is 5. The van der Waals surface area contributed by atoms with Gasteiger partial charge >= 0.3 is 0 Å². The van der Waals surface area contributed by atoms with Gasteiger partial charge in [0.15, 0.2) is 0 Å². The Bertz CT molecular complexity index is 307. The number of hydrogen-bond donors (Lipinski definition) is 1. The van der Waals surface area contributed by atoms with E-state index in [0.29, 0.717) is 6.10 Å². The quantitative estimate of drug-likeness (QED) is 0.741. The fourth-order valence-corrected chi connectivity index (χ4v) is 1.97. The highest BCUT2D eigenvalue weighted by Crippen LogP contribution is 2.11. The molecule has 5 nitrogen and oxygen atoms in total. The maximum atomic E-state index is 5.64. The molecule has 16 heavy (non-hydrogen) atoms. The van der Waals surface area contributed by atoms with Crippen LogP contribution in [0.5, 0.6) is 0 Å². The Hall–Kier alpha value is -0.940. The number of aromatic nitrogens is 3. The van der Waals surface area contributed by atoms with Crippen molar-refractivity contribution in [2.75, 3.05) is 19.7 Å². The molecule has 1 aliphatic heterocycles. The predicted molar refractivity (Wildman–Crippen MR) is 61.2 cm³/mol. The largest absolute Gasteiger partial charge is 0.377 e. The van der Waals surface area contributed by atoms with Crippen LogP contribution >= 0.6 is 0 Å². The van der Waals surface area contributed by atoms with Gasteiger partial charge in [0.1, 0.15) is 12.2 Å². The molecule has 0 aromatic carbocycles. The van der Waals surface area contributed by atoms with Crippen molar-refractivity contribution in [2.45, 2.75) is 31.8 Å². The molecule has 1 fully saturated rings. The van der Waals surface area contributed by atoms with Crippen LogP contribution in [0.4, 0.5) is 0 Å². The van der Waals surface area contributed by atoms with Crippen LogP contribution in [0.3, 0.4) is 0 Å². The summed E-state index contributed by atoms with van der Waals surface area (Å²) in [6, 6.07) is 0. The summed E-state index contributed by atoms with van der Waals surface area (Å²) in [5, 5.41) is 11.3. The second kappa shape index (κ2) is 5.96. The molecule has 1 aromatic heterocycles. The molecule has 0 aliphatic carbocycles. The molecule has 0 bridgehead atoms. The van der Waals surface area contributed by atoms with Crippen molar-refractivity contribution in [3.63, 3.8) is 0 Å². The summed E-state index contributed by atoms with van der Waals surface area (Å²) in [6.07, 6.45) is 6.78. The molecule has 1 atom stereocenters. The first-order valence-electron chi connectivity index (χ1n) is 6.01. The number of nitrogens with one attached hydrogen (secondary N) is 1. The first-order chi connectivity index (χ1) is 7.86. The van der Waals surface area contributed by atoms with Gasteiger partial charge in [-0.1, -0.05) is 0 Å². The highest BCUT2D eigenvalue weighted by atomic mass is 16.5. The lowest BCUT2D eigenvalue weighted by molar-refractivity contribution is 0.0171. The lowest BCUT2D eigenvalue weighted by Crippen LogP contribution is -2.33. The van der Waals surface area contributed by atoms with Crippen molar-refractivity contribution < 1.29 is 4.74 Å². The molecular weight excluding hydrogens is 204 g/mol. The molecule has 0 amide bonds. The smallest absolute Gasteiger partial charge is 0.133 e. The first kappa shape index (κ1) is 11.5. The van der Waals surface area contributed by atoms with Gasteiger partial charge in [-0.2, -0.15) is 0 Å². The lowest BCUT2D eigenvalue weighted by Gasteiger charge is -2.22. The molecular formula is C11H20N4O. The molecule has 1 N–H and O–H groups in total. The van der Waals surface area contributed by atoms with Gasteiger partial charge in [-0.25, -0.2) is 0 Å². The van der Waals surface area contributed by atoms with E-state index < -0.39 is 0 Å². The summed E-state index contributed by atoms with van der Waals surface area (Å²) in [5.74, 6) is 1.03. The Kier molecular flexibility index (Phi) is 4.30. The third-order valence-corrected chi connectivity index (χ3v) is 2.98. The molecule has 1 aliphatic rings. The van der Waals surface area contributed by atoms with Crippen LogP contribution in [-0.2, 0) is 18.2 Å². The van der Waals surface area contributed by atoms with E-state index in [9.17, 15) is 0 Å². The number of ether oxygens (including phenoxy) is 1. The molecule has 5 heteroatoms. The summed E-state index contributed by atoms with van der Waals surface area (Å²) < 4.78 is 7.60. The van der Waals surface area contributed by atoms with Crippen molar-refractivity contribution in [3.05, 3.63) is 12.2 Å². The van der Waals surface area contributed by atoms with E-state index in [1.807, 2.05) is 11.6 Å². The third kappa shape index (κ3) is 3.28. The van der Waals surface area contributed by atoms with Crippen molar-refractivity contribution in [1.82, 2.24) is 20.1 Å². The maximum absolute atomic E-state index is 5.64. The van der Waals surface area contributed by atoms with E-state index in [4.69, 9.17) is 4.74 Å². The number of nitrogens with zero attached hydrogens (tertiary/aromatic N) is 3. The van der Waals surface area contributed by atoms with Gasteiger partial charge in [0.25, 0.3) is 0 Å². The highest BCUT2D eigenvalue weighted by Gasteiger charge is 2.12. The van der Waals surface area contributed by atoms with Gasteiger partial charge in [0, 0.05) is 33.2 Å². The molecule has 2 heterocycles. The minimum absolute atomic E-state index is 0.410. The van der Waals surface area contributed by atoms with E-state index in [1.165, 1.54) is 19.3 Å². The van der Waals surface area contributed by atoms with Crippen molar-refractivity contribution >= 4 is 0 Å². The molecule has 90 valence electrons. The molecule has 1 aromatic rings. The van der Waals surface area contributed by atoms with Crippen LogP contribution in [0.1, 0.15) is 25.1 Å². The third-order valence-electron chi connectivity index (χ3n) is 2.98. The second-order valence-electron chi connectivity index (χ2n) is 4.30. The highest BCUT2D eigenvalue weighted by molar-refractivity contribution is 4.85. The molecule has 1 saturated heterocycles. The molecule has 0 radical (unpaired) electrons. The fourth-order valence-electron chi connectivity index (χ4n) is 1.97. The van der Waals surface area contributed by atoms with E-state index in [-0.39, 0.29) is 0 Å². The monoisotopic (exact) mass is 224 g/mol. The van der Waals surface area contributed by atoms with Gasteiger partial charge < -0.3 is 14.6 Å². The Morgan fingerprint density at radius 3 is 3.19 bits per heavy atom.